The number of hydrogen-bond acceptors (Lipinski definition) is 6. The molecule has 6 nitrogen and oxygen atoms in total. The van der Waals surface area contributed by atoms with E-state index in [0.29, 0.717) is 19.3 Å². The van der Waals surface area contributed by atoms with Crippen molar-refractivity contribution in [2.45, 2.75) is 388 Å². The Labute approximate surface area is 463 Å². The zero-order valence-corrected chi connectivity index (χ0v) is 51.1. The molecule has 0 heterocycles. The average Bonchev–Trinajstić information content (AvgIpc) is 3.36. The van der Waals surface area contributed by atoms with Crippen molar-refractivity contribution in [2.24, 2.45) is 17.8 Å². The standard InChI is InChI=1S/C68H132O6/c1-62(2)54-48-42-36-30-24-18-13-9-7-8-10-16-22-29-35-41-47-53-59-68(71)74-65(61-73-67(70)58-52-46-40-34-28-23-17-20-26-32-38-44-50-56-64(5)6)60-72-66(69)57-51-45-39-33-27-21-15-12-11-14-19-25-31-37-43-49-55-63(3)4/h62-65H,7-61H2,1-6H3/t65-/m1/s1. The number of hydrogen-bond donors (Lipinski definition) is 0. The molecular weight excluding hydrogens is 913 g/mol. The molecule has 1 atom stereocenters. The van der Waals surface area contributed by atoms with Crippen molar-refractivity contribution in [3.05, 3.63) is 0 Å². The first-order chi connectivity index (χ1) is 36.1. The van der Waals surface area contributed by atoms with Crippen LogP contribution in [0.5, 0.6) is 0 Å². The molecule has 0 spiro atoms. The zero-order valence-electron chi connectivity index (χ0n) is 51.1. The highest BCUT2D eigenvalue weighted by molar-refractivity contribution is 5.71. The highest BCUT2D eigenvalue weighted by Gasteiger charge is 2.20. The van der Waals surface area contributed by atoms with Crippen molar-refractivity contribution in [3.63, 3.8) is 0 Å². The van der Waals surface area contributed by atoms with Crippen molar-refractivity contribution in [1.82, 2.24) is 0 Å². The van der Waals surface area contributed by atoms with Crippen LogP contribution in [0.4, 0.5) is 0 Å². The molecular formula is C68H132O6. The van der Waals surface area contributed by atoms with Crippen LogP contribution in [-0.2, 0) is 28.6 Å². The summed E-state index contributed by atoms with van der Waals surface area (Å²) in [4.78, 5) is 38.4. The van der Waals surface area contributed by atoms with Gasteiger partial charge in [0.2, 0.25) is 0 Å². The van der Waals surface area contributed by atoms with Gasteiger partial charge in [-0.2, -0.15) is 0 Å². The Balaban J connectivity index is 4.28. The lowest BCUT2D eigenvalue weighted by Gasteiger charge is -2.18. The highest BCUT2D eigenvalue weighted by atomic mass is 16.6. The summed E-state index contributed by atoms with van der Waals surface area (Å²) in [6.07, 6.45) is 65.4. The monoisotopic (exact) mass is 1050 g/mol. The second kappa shape index (κ2) is 59.1. The van der Waals surface area contributed by atoms with E-state index in [1.54, 1.807) is 0 Å². The Morgan fingerprint density at radius 1 is 0.230 bits per heavy atom. The number of carbonyl (C=O) groups excluding carboxylic acids is 3. The van der Waals surface area contributed by atoms with E-state index in [0.717, 1.165) is 75.5 Å². The molecule has 0 aromatic carbocycles. The first-order valence-corrected chi connectivity index (χ1v) is 33.6. The lowest BCUT2D eigenvalue weighted by atomic mass is 10.0. The molecule has 0 saturated carbocycles. The van der Waals surface area contributed by atoms with E-state index >= 15 is 0 Å². The van der Waals surface area contributed by atoms with Crippen molar-refractivity contribution in [3.8, 4) is 0 Å². The zero-order chi connectivity index (χ0) is 54.1. The van der Waals surface area contributed by atoms with E-state index in [4.69, 9.17) is 14.2 Å². The molecule has 0 aromatic heterocycles. The summed E-state index contributed by atoms with van der Waals surface area (Å²) in [6, 6.07) is 0. The summed E-state index contributed by atoms with van der Waals surface area (Å²) in [5.74, 6) is 1.72. The minimum atomic E-state index is -0.765. The Morgan fingerprint density at radius 2 is 0.392 bits per heavy atom. The number of rotatable bonds is 61. The lowest BCUT2D eigenvalue weighted by molar-refractivity contribution is -0.167. The van der Waals surface area contributed by atoms with Crippen molar-refractivity contribution < 1.29 is 28.6 Å². The molecule has 74 heavy (non-hydrogen) atoms. The van der Waals surface area contributed by atoms with E-state index in [2.05, 4.69) is 41.5 Å². The molecule has 0 unspecified atom stereocenters. The minimum Gasteiger partial charge on any atom is -0.462 e. The fraction of sp³-hybridized carbons (Fsp3) is 0.956. The van der Waals surface area contributed by atoms with Gasteiger partial charge in [0.25, 0.3) is 0 Å². The minimum absolute atomic E-state index is 0.0621. The summed E-state index contributed by atoms with van der Waals surface area (Å²) < 4.78 is 17.0. The maximum Gasteiger partial charge on any atom is 0.306 e. The van der Waals surface area contributed by atoms with Crippen LogP contribution in [0.2, 0.25) is 0 Å². The van der Waals surface area contributed by atoms with Gasteiger partial charge in [0.05, 0.1) is 0 Å². The Hall–Kier alpha value is -1.59. The number of esters is 3. The maximum absolute atomic E-state index is 12.9. The molecule has 0 amide bonds. The average molecular weight is 1050 g/mol. The molecule has 0 fully saturated rings. The summed E-state index contributed by atoms with van der Waals surface area (Å²) in [7, 11) is 0. The van der Waals surface area contributed by atoms with Crippen molar-refractivity contribution in [1.29, 1.82) is 0 Å². The van der Waals surface area contributed by atoms with E-state index in [9.17, 15) is 14.4 Å². The predicted molar refractivity (Wildman–Crippen MR) is 321 cm³/mol. The lowest BCUT2D eigenvalue weighted by Crippen LogP contribution is -2.30. The van der Waals surface area contributed by atoms with Gasteiger partial charge in [-0.05, 0) is 37.0 Å². The molecule has 0 aliphatic heterocycles. The topological polar surface area (TPSA) is 78.9 Å². The Morgan fingerprint density at radius 3 is 0.581 bits per heavy atom. The molecule has 0 saturated heterocycles. The predicted octanol–water partition coefficient (Wildman–Crippen LogP) is 22.6. The molecule has 0 rings (SSSR count). The molecule has 6 heteroatoms. The first kappa shape index (κ1) is 72.4. The quantitative estimate of drug-likeness (QED) is 0.0343. The van der Waals surface area contributed by atoms with Gasteiger partial charge in [-0.15, -0.1) is 0 Å². The van der Waals surface area contributed by atoms with Gasteiger partial charge < -0.3 is 14.2 Å². The molecule has 0 aliphatic carbocycles. The van der Waals surface area contributed by atoms with Gasteiger partial charge in [-0.25, -0.2) is 0 Å². The van der Waals surface area contributed by atoms with Gasteiger partial charge in [0.1, 0.15) is 13.2 Å². The van der Waals surface area contributed by atoms with Gasteiger partial charge in [-0.3, -0.25) is 14.4 Å². The summed E-state index contributed by atoms with van der Waals surface area (Å²) in [5.41, 5.74) is 0. The van der Waals surface area contributed by atoms with E-state index in [1.807, 2.05) is 0 Å². The fourth-order valence-corrected chi connectivity index (χ4v) is 10.6. The van der Waals surface area contributed by atoms with Crippen LogP contribution in [0.15, 0.2) is 0 Å². The third kappa shape index (κ3) is 61.3. The highest BCUT2D eigenvalue weighted by Crippen LogP contribution is 2.20. The Kier molecular flexibility index (Phi) is 57.8. The fourth-order valence-electron chi connectivity index (χ4n) is 10.6. The molecule has 440 valence electrons. The second-order valence-electron chi connectivity index (χ2n) is 24.9. The number of ether oxygens (including phenoxy) is 3. The van der Waals surface area contributed by atoms with Crippen LogP contribution in [0.1, 0.15) is 382 Å². The van der Waals surface area contributed by atoms with Gasteiger partial charge in [-0.1, -0.05) is 343 Å². The molecule has 0 aromatic rings. The maximum atomic E-state index is 12.9. The Bertz CT molecular complexity index is 1150. The van der Waals surface area contributed by atoms with Gasteiger partial charge >= 0.3 is 17.9 Å². The second-order valence-corrected chi connectivity index (χ2v) is 24.9. The SMILES string of the molecule is CC(C)CCCCCCCCCCCCCCCCCCCCC(=O)O[C@H](COC(=O)CCCCCCCCCCCCCCCCCCC(C)C)COC(=O)CCCCCCCCCCCCCCCC(C)C. The van der Waals surface area contributed by atoms with Crippen LogP contribution in [0, 0.1) is 17.8 Å². The van der Waals surface area contributed by atoms with E-state index in [1.165, 1.54) is 263 Å². The molecule has 0 bridgehead atoms. The van der Waals surface area contributed by atoms with Crippen LogP contribution in [0.3, 0.4) is 0 Å². The smallest absolute Gasteiger partial charge is 0.306 e. The van der Waals surface area contributed by atoms with Crippen molar-refractivity contribution >= 4 is 17.9 Å². The molecule has 0 N–H and O–H groups in total. The third-order valence-corrected chi connectivity index (χ3v) is 15.6. The van der Waals surface area contributed by atoms with Crippen LogP contribution in [-0.4, -0.2) is 37.2 Å². The summed E-state index contributed by atoms with van der Waals surface area (Å²) in [5, 5.41) is 0. The summed E-state index contributed by atoms with van der Waals surface area (Å²) >= 11 is 0. The van der Waals surface area contributed by atoms with Crippen LogP contribution in [0.25, 0.3) is 0 Å². The van der Waals surface area contributed by atoms with Gasteiger partial charge in [0.15, 0.2) is 6.10 Å². The first-order valence-electron chi connectivity index (χ1n) is 33.6. The third-order valence-electron chi connectivity index (χ3n) is 15.6. The number of carbonyl (C=O) groups is 3. The number of unbranched alkanes of at least 4 members (excludes halogenated alkanes) is 44. The summed E-state index contributed by atoms with van der Waals surface area (Å²) in [6.45, 7) is 13.8. The van der Waals surface area contributed by atoms with E-state index < -0.39 is 6.10 Å². The normalized spacial score (nSPS) is 12.1. The van der Waals surface area contributed by atoms with Crippen LogP contribution < -0.4 is 0 Å². The van der Waals surface area contributed by atoms with E-state index in [-0.39, 0.29) is 31.1 Å². The van der Waals surface area contributed by atoms with Crippen molar-refractivity contribution in [2.75, 3.05) is 13.2 Å². The largest absolute Gasteiger partial charge is 0.462 e. The van der Waals surface area contributed by atoms with Crippen LogP contribution >= 0.6 is 0 Å². The van der Waals surface area contributed by atoms with Gasteiger partial charge in [0, 0.05) is 19.3 Å². The molecule has 0 aliphatic rings. The molecule has 0 radical (unpaired) electrons.